The Morgan fingerprint density at radius 1 is 1.24 bits per heavy atom. The third-order valence-electron chi connectivity index (χ3n) is 2.59. The number of amides is 1. The number of esters is 1. The van der Waals surface area contributed by atoms with Gasteiger partial charge in [-0.25, -0.2) is 4.79 Å². The monoisotopic (exact) mass is 333 g/mol. The van der Waals surface area contributed by atoms with Crippen molar-refractivity contribution in [1.82, 2.24) is 5.32 Å². The fourth-order valence-corrected chi connectivity index (χ4v) is 2.07. The molecule has 6 nitrogen and oxygen atoms in total. The lowest BCUT2D eigenvalue weighted by Gasteiger charge is -2.14. The van der Waals surface area contributed by atoms with Crippen LogP contribution in [0.3, 0.4) is 0 Å². The maximum absolute atomic E-state index is 12.0. The Bertz CT molecular complexity index is 541. The fraction of sp³-hybridized carbons (Fsp3) is 0.308. The molecule has 0 heterocycles. The molecule has 1 aromatic rings. The second-order valence-corrected chi connectivity index (χ2v) is 5.01. The third-order valence-corrected chi connectivity index (χ3v) is 3.03. The molecule has 8 heteroatoms. The molecule has 0 bridgehead atoms. The molecule has 21 heavy (non-hydrogen) atoms. The van der Waals surface area contributed by atoms with Crippen molar-refractivity contribution in [2.75, 3.05) is 7.11 Å². The first kappa shape index (κ1) is 17.3. The van der Waals surface area contributed by atoms with E-state index in [4.69, 9.17) is 28.3 Å². The van der Waals surface area contributed by atoms with Crippen molar-refractivity contribution in [3.8, 4) is 0 Å². The van der Waals surface area contributed by atoms with Gasteiger partial charge in [-0.3, -0.25) is 9.59 Å². The molecule has 0 fully saturated rings. The standard InChI is InChI=1S/C13H13Cl2NO5/c1-21-11(17)3-2-10(13(19)20)16-12(18)7-4-8(14)6-9(15)5-7/h4-6,10H,2-3H2,1H3,(H,16,18)(H,19,20)/t10-/m1/s1. The fourth-order valence-electron chi connectivity index (χ4n) is 1.55. The number of benzene rings is 1. The lowest BCUT2D eigenvalue weighted by molar-refractivity contribution is -0.142. The summed E-state index contributed by atoms with van der Waals surface area (Å²) >= 11 is 11.5. The average molecular weight is 334 g/mol. The molecule has 0 spiro atoms. The van der Waals surface area contributed by atoms with E-state index in [0.29, 0.717) is 0 Å². The molecular formula is C13H13Cl2NO5. The summed E-state index contributed by atoms with van der Waals surface area (Å²) in [5.74, 6) is -2.45. The van der Waals surface area contributed by atoms with E-state index in [-0.39, 0.29) is 28.5 Å². The third kappa shape index (κ3) is 5.61. The van der Waals surface area contributed by atoms with Gasteiger partial charge in [0.05, 0.1) is 7.11 Å². The summed E-state index contributed by atoms with van der Waals surface area (Å²) in [5, 5.41) is 11.9. The van der Waals surface area contributed by atoms with E-state index in [2.05, 4.69) is 10.1 Å². The van der Waals surface area contributed by atoms with Crippen LogP contribution in [0.15, 0.2) is 18.2 Å². The summed E-state index contributed by atoms with van der Waals surface area (Å²) in [5.41, 5.74) is 0.136. The molecule has 0 aliphatic rings. The van der Waals surface area contributed by atoms with E-state index < -0.39 is 23.9 Å². The molecule has 1 amide bonds. The van der Waals surface area contributed by atoms with Gasteiger partial charge in [0.2, 0.25) is 0 Å². The van der Waals surface area contributed by atoms with Gasteiger partial charge in [-0.05, 0) is 24.6 Å². The molecule has 1 aromatic carbocycles. The zero-order valence-corrected chi connectivity index (χ0v) is 12.6. The smallest absolute Gasteiger partial charge is 0.326 e. The maximum Gasteiger partial charge on any atom is 0.326 e. The van der Waals surface area contributed by atoms with Gasteiger partial charge in [0.25, 0.3) is 5.91 Å². The molecule has 0 radical (unpaired) electrons. The summed E-state index contributed by atoms with van der Waals surface area (Å²) in [6, 6.07) is 2.96. The largest absolute Gasteiger partial charge is 0.480 e. The Morgan fingerprint density at radius 2 is 1.81 bits per heavy atom. The highest BCUT2D eigenvalue weighted by atomic mass is 35.5. The number of carbonyl (C=O) groups is 3. The van der Waals surface area contributed by atoms with Crippen LogP contribution >= 0.6 is 23.2 Å². The van der Waals surface area contributed by atoms with Crippen molar-refractivity contribution < 1.29 is 24.2 Å². The first-order valence-electron chi connectivity index (χ1n) is 5.90. The molecule has 0 saturated heterocycles. The predicted octanol–water partition coefficient (Wildman–Crippen LogP) is 2.13. The second-order valence-electron chi connectivity index (χ2n) is 4.14. The summed E-state index contributed by atoms with van der Waals surface area (Å²) in [6.45, 7) is 0. The van der Waals surface area contributed by atoms with Crippen molar-refractivity contribution in [1.29, 1.82) is 0 Å². The Kier molecular flexibility index (Phi) is 6.45. The molecule has 0 saturated carbocycles. The molecule has 0 aromatic heterocycles. The van der Waals surface area contributed by atoms with E-state index in [1.54, 1.807) is 0 Å². The van der Waals surface area contributed by atoms with Crippen LogP contribution in [0, 0.1) is 0 Å². The number of carbonyl (C=O) groups excluding carboxylic acids is 2. The number of carboxylic acids is 1. The number of hydrogen-bond acceptors (Lipinski definition) is 4. The number of methoxy groups -OCH3 is 1. The van der Waals surface area contributed by atoms with Crippen molar-refractivity contribution in [2.24, 2.45) is 0 Å². The van der Waals surface area contributed by atoms with E-state index >= 15 is 0 Å². The number of aliphatic carboxylic acids is 1. The normalized spacial score (nSPS) is 11.6. The number of hydrogen-bond donors (Lipinski definition) is 2. The minimum absolute atomic E-state index is 0.0813. The second kappa shape index (κ2) is 7.85. The van der Waals surface area contributed by atoms with Gasteiger partial charge in [0.15, 0.2) is 0 Å². The van der Waals surface area contributed by atoms with Gasteiger partial charge in [0, 0.05) is 22.0 Å². The predicted molar refractivity (Wildman–Crippen MR) is 76.6 cm³/mol. The number of rotatable bonds is 6. The molecule has 1 rings (SSSR count). The number of halogens is 2. The van der Waals surface area contributed by atoms with Gasteiger partial charge in [-0.1, -0.05) is 23.2 Å². The minimum atomic E-state index is -1.25. The zero-order valence-electron chi connectivity index (χ0n) is 11.1. The first-order valence-corrected chi connectivity index (χ1v) is 6.65. The zero-order chi connectivity index (χ0) is 16.0. The first-order chi connectivity index (χ1) is 9.83. The number of carboxylic acid groups (broad SMARTS) is 1. The van der Waals surface area contributed by atoms with Crippen LogP contribution in [-0.2, 0) is 14.3 Å². The molecule has 2 N–H and O–H groups in total. The molecule has 114 valence electrons. The Hall–Kier alpha value is -1.79. The van der Waals surface area contributed by atoms with E-state index in [1.165, 1.54) is 25.3 Å². The lowest BCUT2D eigenvalue weighted by atomic mass is 10.1. The van der Waals surface area contributed by atoms with Crippen molar-refractivity contribution >= 4 is 41.0 Å². The average Bonchev–Trinajstić information content (AvgIpc) is 2.41. The number of ether oxygens (including phenoxy) is 1. The SMILES string of the molecule is COC(=O)CC[C@@H](NC(=O)c1cc(Cl)cc(Cl)c1)C(=O)O. The van der Waals surface area contributed by atoms with Gasteiger partial charge < -0.3 is 15.2 Å². The summed E-state index contributed by atoms with van der Waals surface area (Å²) < 4.78 is 4.42. The van der Waals surface area contributed by atoms with E-state index in [1.807, 2.05) is 0 Å². The van der Waals surface area contributed by atoms with Gasteiger partial charge >= 0.3 is 11.9 Å². The highest BCUT2D eigenvalue weighted by Gasteiger charge is 2.22. The van der Waals surface area contributed by atoms with Crippen molar-refractivity contribution in [3.63, 3.8) is 0 Å². The van der Waals surface area contributed by atoms with Crippen LogP contribution in [0.4, 0.5) is 0 Å². The van der Waals surface area contributed by atoms with E-state index in [0.717, 1.165) is 0 Å². The lowest BCUT2D eigenvalue weighted by Crippen LogP contribution is -2.41. The van der Waals surface area contributed by atoms with Crippen LogP contribution in [0.25, 0.3) is 0 Å². The maximum atomic E-state index is 12.0. The summed E-state index contributed by atoms with van der Waals surface area (Å²) in [6.07, 6.45) is -0.202. The van der Waals surface area contributed by atoms with Crippen LogP contribution in [0.5, 0.6) is 0 Å². The van der Waals surface area contributed by atoms with Gasteiger partial charge in [0.1, 0.15) is 6.04 Å². The Balaban J connectivity index is 2.76. The Labute approximate surface area is 131 Å². The van der Waals surface area contributed by atoms with Crippen LogP contribution in [0.2, 0.25) is 10.0 Å². The highest BCUT2D eigenvalue weighted by Crippen LogP contribution is 2.19. The van der Waals surface area contributed by atoms with E-state index in [9.17, 15) is 14.4 Å². The Morgan fingerprint density at radius 3 is 2.29 bits per heavy atom. The molecule has 0 aliphatic heterocycles. The highest BCUT2D eigenvalue weighted by molar-refractivity contribution is 6.35. The quantitative estimate of drug-likeness (QED) is 0.778. The molecule has 0 aliphatic carbocycles. The number of nitrogens with one attached hydrogen (secondary N) is 1. The minimum Gasteiger partial charge on any atom is -0.480 e. The molecule has 0 unspecified atom stereocenters. The van der Waals surface area contributed by atoms with Crippen molar-refractivity contribution in [2.45, 2.75) is 18.9 Å². The van der Waals surface area contributed by atoms with Gasteiger partial charge in [-0.15, -0.1) is 0 Å². The van der Waals surface area contributed by atoms with Crippen LogP contribution in [-0.4, -0.2) is 36.1 Å². The van der Waals surface area contributed by atoms with Crippen LogP contribution in [0.1, 0.15) is 23.2 Å². The van der Waals surface area contributed by atoms with Gasteiger partial charge in [-0.2, -0.15) is 0 Å². The van der Waals surface area contributed by atoms with Crippen molar-refractivity contribution in [3.05, 3.63) is 33.8 Å². The molecule has 1 atom stereocenters. The summed E-state index contributed by atoms with van der Waals surface area (Å²) in [4.78, 5) is 34.1. The summed E-state index contributed by atoms with van der Waals surface area (Å²) in [7, 11) is 1.20. The van der Waals surface area contributed by atoms with Crippen LogP contribution < -0.4 is 5.32 Å². The molecular weight excluding hydrogens is 321 g/mol. The topological polar surface area (TPSA) is 92.7 Å².